The van der Waals surface area contributed by atoms with Crippen LogP contribution in [-0.4, -0.2) is 11.7 Å². The van der Waals surface area contributed by atoms with Crippen molar-refractivity contribution in [2.75, 3.05) is 5.32 Å². The number of amides is 1. The van der Waals surface area contributed by atoms with Crippen LogP contribution in [-0.2, 0) is 4.74 Å². The number of rotatable bonds is 2. The third-order valence-electron chi connectivity index (χ3n) is 2.01. The molecule has 1 amide bonds. The van der Waals surface area contributed by atoms with Gasteiger partial charge in [0.1, 0.15) is 17.0 Å². The number of benzene rings is 1. The van der Waals surface area contributed by atoms with E-state index in [9.17, 15) is 22.4 Å². The average molecular weight is 306 g/mol. The van der Waals surface area contributed by atoms with E-state index in [1.54, 1.807) is 5.32 Å². The van der Waals surface area contributed by atoms with Crippen molar-refractivity contribution in [2.24, 2.45) is 5.11 Å². The van der Waals surface area contributed by atoms with E-state index in [2.05, 4.69) is 5.11 Å². The summed E-state index contributed by atoms with van der Waals surface area (Å²) in [5.41, 5.74) is 4.25. The normalized spacial score (nSPS) is 10.8. The van der Waals surface area contributed by atoms with Crippen molar-refractivity contribution in [3.8, 4) is 0 Å². The molecule has 10 heteroatoms. The Morgan fingerprint density at radius 3 is 2.00 bits per heavy atom. The van der Waals surface area contributed by atoms with Gasteiger partial charge in [-0.1, -0.05) is 5.11 Å². The second-order valence-electron chi connectivity index (χ2n) is 4.80. The number of azide groups is 1. The van der Waals surface area contributed by atoms with Crippen LogP contribution in [0.1, 0.15) is 20.8 Å². The lowest BCUT2D eigenvalue weighted by atomic mass is 10.2. The minimum absolute atomic E-state index is 0.987. The Morgan fingerprint density at radius 1 is 1.14 bits per heavy atom. The zero-order valence-corrected chi connectivity index (χ0v) is 11.2. The summed E-state index contributed by atoms with van der Waals surface area (Å²) in [5, 5.41) is 4.07. The molecule has 0 saturated heterocycles. The molecule has 0 aliphatic carbocycles. The largest absolute Gasteiger partial charge is 0.444 e. The molecule has 0 spiro atoms. The Morgan fingerprint density at radius 2 is 1.62 bits per heavy atom. The van der Waals surface area contributed by atoms with Crippen LogP contribution < -0.4 is 5.32 Å². The summed E-state index contributed by atoms with van der Waals surface area (Å²) in [6, 6.07) is 0. The molecule has 114 valence electrons. The van der Waals surface area contributed by atoms with Crippen molar-refractivity contribution in [3.63, 3.8) is 0 Å². The van der Waals surface area contributed by atoms with Crippen LogP contribution in [0.4, 0.5) is 33.7 Å². The predicted molar refractivity (Wildman–Crippen MR) is 64.9 cm³/mol. The number of hydrogen-bond acceptors (Lipinski definition) is 3. The van der Waals surface area contributed by atoms with Crippen molar-refractivity contribution < 1.29 is 27.1 Å². The van der Waals surface area contributed by atoms with Crippen LogP contribution in [0.15, 0.2) is 5.11 Å². The lowest BCUT2D eigenvalue weighted by Crippen LogP contribution is -2.28. The number of nitrogens with one attached hydrogen (secondary N) is 1. The van der Waals surface area contributed by atoms with Gasteiger partial charge in [0.25, 0.3) is 0 Å². The van der Waals surface area contributed by atoms with Crippen molar-refractivity contribution >= 4 is 17.5 Å². The minimum Gasteiger partial charge on any atom is -0.444 e. The quantitative estimate of drug-likeness (QED) is 0.286. The van der Waals surface area contributed by atoms with Gasteiger partial charge in [-0.15, -0.1) is 0 Å². The Balaban J connectivity index is 3.27. The number of carbonyl (C=O) groups excluding carboxylic acids is 1. The van der Waals surface area contributed by atoms with Gasteiger partial charge in [0.15, 0.2) is 23.3 Å². The van der Waals surface area contributed by atoms with Gasteiger partial charge >= 0.3 is 6.09 Å². The van der Waals surface area contributed by atoms with Gasteiger partial charge in [-0.25, -0.2) is 22.4 Å². The predicted octanol–water partition coefficient (Wildman–Crippen LogP) is 4.53. The molecule has 0 radical (unpaired) electrons. The molecule has 1 aromatic carbocycles. The van der Waals surface area contributed by atoms with Gasteiger partial charge < -0.3 is 4.74 Å². The summed E-state index contributed by atoms with van der Waals surface area (Å²) >= 11 is 0. The van der Waals surface area contributed by atoms with Crippen LogP contribution >= 0.6 is 0 Å². The van der Waals surface area contributed by atoms with E-state index in [1.165, 1.54) is 20.8 Å². The molecule has 21 heavy (non-hydrogen) atoms. The third-order valence-corrected chi connectivity index (χ3v) is 2.01. The van der Waals surface area contributed by atoms with E-state index in [1.807, 2.05) is 4.91 Å². The van der Waals surface area contributed by atoms with Crippen LogP contribution in [0.5, 0.6) is 0 Å². The summed E-state index contributed by atoms with van der Waals surface area (Å²) < 4.78 is 58.7. The summed E-state index contributed by atoms with van der Waals surface area (Å²) in [6.45, 7) is 4.43. The molecule has 6 nitrogen and oxygen atoms in total. The summed E-state index contributed by atoms with van der Waals surface area (Å²) in [7, 11) is 0. The van der Waals surface area contributed by atoms with Crippen molar-refractivity contribution in [2.45, 2.75) is 26.4 Å². The number of ether oxygens (including phenoxy) is 1. The van der Waals surface area contributed by atoms with E-state index < -0.39 is 46.3 Å². The standard InChI is InChI=1S/C11H10F4N4O2/c1-11(2,3)21-10(20)17-8-4(12)6(14)9(18-19-16)7(15)5(8)13/h1-3H3,(H,17,20). The highest BCUT2D eigenvalue weighted by atomic mass is 19.2. The van der Waals surface area contributed by atoms with Crippen LogP contribution in [0, 0.1) is 23.3 Å². The fraction of sp³-hybridized carbons (Fsp3) is 0.364. The Labute approximate surface area is 116 Å². The highest BCUT2D eigenvalue weighted by molar-refractivity contribution is 5.85. The zero-order chi connectivity index (χ0) is 16.4. The highest BCUT2D eigenvalue weighted by Gasteiger charge is 2.27. The number of hydrogen-bond donors (Lipinski definition) is 1. The second kappa shape index (κ2) is 5.88. The molecule has 0 bridgehead atoms. The fourth-order valence-corrected chi connectivity index (χ4v) is 1.27. The molecule has 0 aliphatic rings. The van der Waals surface area contributed by atoms with Gasteiger partial charge in [0.05, 0.1) is 0 Å². The lowest BCUT2D eigenvalue weighted by Gasteiger charge is -2.20. The molecule has 1 N–H and O–H groups in total. The first-order valence-corrected chi connectivity index (χ1v) is 5.49. The first kappa shape index (κ1) is 16.6. The smallest absolute Gasteiger partial charge is 0.412 e. The van der Waals surface area contributed by atoms with Crippen LogP contribution in [0.3, 0.4) is 0 Å². The number of carbonyl (C=O) groups is 1. The van der Waals surface area contributed by atoms with E-state index in [0.717, 1.165) is 0 Å². The van der Waals surface area contributed by atoms with Gasteiger partial charge in [-0.05, 0) is 26.3 Å². The lowest BCUT2D eigenvalue weighted by molar-refractivity contribution is 0.0634. The number of nitrogens with zero attached hydrogens (tertiary/aromatic N) is 3. The maximum Gasteiger partial charge on any atom is 0.412 e. The second-order valence-corrected chi connectivity index (χ2v) is 4.80. The third kappa shape index (κ3) is 3.76. The summed E-state index contributed by atoms with van der Waals surface area (Å²) in [5.74, 6) is -7.69. The van der Waals surface area contributed by atoms with E-state index in [4.69, 9.17) is 10.3 Å². The Bertz CT molecular complexity index is 607. The van der Waals surface area contributed by atoms with Gasteiger partial charge in [-0.3, -0.25) is 5.32 Å². The monoisotopic (exact) mass is 306 g/mol. The Kier molecular flexibility index (Phi) is 4.64. The Hall–Kier alpha value is -2.48. The molecule has 1 rings (SSSR count). The van der Waals surface area contributed by atoms with Crippen molar-refractivity contribution in [3.05, 3.63) is 33.7 Å². The molecule has 0 fully saturated rings. The van der Waals surface area contributed by atoms with Gasteiger partial charge in [0.2, 0.25) is 0 Å². The van der Waals surface area contributed by atoms with E-state index >= 15 is 0 Å². The molecule has 0 unspecified atom stereocenters. The molecular weight excluding hydrogens is 296 g/mol. The molecule has 0 aromatic heterocycles. The molecular formula is C11H10F4N4O2. The van der Waals surface area contributed by atoms with Crippen LogP contribution in [0.2, 0.25) is 0 Å². The molecule has 1 aromatic rings. The summed E-state index contributed by atoms with van der Waals surface area (Å²) in [4.78, 5) is 13.4. The zero-order valence-electron chi connectivity index (χ0n) is 11.2. The fourth-order valence-electron chi connectivity index (χ4n) is 1.27. The highest BCUT2D eigenvalue weighted by Crippen LogP contribution is 2.33. The van der Waals surface area contributed by atoms with E-state index in [0.29, 0.717) is 0 Å². The number of anilines is 1. The molecule has 0 aliphatic heterocycles. The topological polar surface area (TPSA) is 87.1 Å². The van der Waals surface area contributed by atoms with Crippen LogP contribution in [0.25, 0.3) is 10.4 Å². The first-order valence-electron chi connectivity index (χ1n) is 5.49. The summed E-state index contributed by atoms with van der Waals surface area (Å²) in [6.07, 6.45) is -1.31. The van der Waals surface area contributed by atoms with Gasteiger partial charge in [0, 0.05) is 4.91 Å². The maximum absolute atomic E-state index is 13.6. The van der Waals surface area contributed by atoms with E-state index in [-0.39, 0.29) is 0 Å². The molecule has 0 atom stereocenters. The minimum atomic E-state index is -1.93. The molecule has 0 saturated carbocycles. The first-order chi connectivity index (χ1) is 9.58. The van der Waals surface area contributed by atoms with Crippen molar-refractivity contribution in [1.29, 1.82) is 0 Å². The maximum atomic E-state index is 13.6. The number of halogens is 4. The average Bonchev–Trinajstić information content (AvgIpc) is 2.35. The molecule has 0 heterocycles. The van der Waals surface area contributed by atoms with Gasteiger partial charge in [-0.2, -0.15) is 0 Å². The SMILES string of the molecule is CC(C)(C)OC(=O)Nc1c(F)c(F)c(N=[N+]=[N-])c(F)c1F. The van der Waals surface area contributed by atoms with Crippen molar-refractivity contribution in [1.82, 2.24) is 0 Å².